The summed E-state index contributed by atoms with van der Waals surface area (Å²) in [4.78, 5) is 0. The van der Waals surface area contributed by atoms with Crippen LogP contribution in [0.15, 0.2) is 66.7 Å². The van der Waals surface area contributed by atoms with Crippen LogP contribution >= 0.6 is 0 Å². The van der Waals surface area contributed by atoms with Crippen molar-refractivity contribution in [3.05, 3.63) is 83.4 Å². The van der Waals surface area contributed by atoms with E-state index in [0.717, 1.165) is 22.6 Å². The fraction of sp³-hybridized carbons (Fsp3) is 0.0952. The molecule has 24 heavy (non-hydrogen) atoms. The Morgan fingerprint density at radius 3 is 1.58 bits per heavy atom. The van der Waals surface area contributed by atoms with Crippen LogP contribution in [-0.4, -0.2) is 0 Å². The Bertz CT molecular complexity index is 844. The van der Waals surface area contributed by atoms with Crippen molar-refractivity contribution in [2.45, 2.75) is 13.8 Å². The quantitative estimate of drug-likeness (QED) is 0.614. The Labute approximate surface area is 141 Å². The second kappa shape index (κ2) is 6.89. The lowest BCUT2D eigenvalue weighted by molar-refractivity contribution is 0.459. The summed E-state index contributed by atoms with van der Waals surface area (Å²) in [6.07, 6.45) is 0. The predicted molar refractivity (Wildman–Crippen MR) is 93.7 cm³/mol. The van der Waals surface area contributed by atoms with Crippen LogP contribution in [0.1, 0.15) is 16.7 Å². The van der Waals surface area contributed by atoms with Gasteiger partial charge >= 0.3 is 0 Å². The first kappa shape index (κ1) is 15.6. The van der Waals surface area contributed by atoms with E-state index < -0.39 is 0 Å². The van der Waals surface area contributed by atoms with Crippen molar-refractivity contribution in [3.63, 3.8) is 0 Å². The molecule has 0 aromatic heterocycles. The number of rotatable bonds is 4. The number of hydrogen-bond donors (Lipinski definition) is 0. The molecule has 3 aromatic rings. The van der Waals surface area contributed by atoms with E-state index in [9.17, 15) is 5.26 Å². The lowest BCUT2D eigenvalue weighted by atomic mass is 10.2. The van der Waals surface area contributed by atoms with E-state index in [2.05, 4.69) is 6.07 Å². The van der Waals surface area contributed by atoms with Gasteiger partial charge < -0.3 is 9.47 Å². The molecule has 0 aliphatic rings. The van der Waals surface area contributed by atoms with Crippen LogP contribution in [-0.2, 0) is 0 Å². The van der Waals surface area contributed by atoms with Crippen molar-refractivity contribution in [1.82, 2.24) is 0 Å². The van der Waals surface area contributed by atoms with E-state index >= 15 is 0 Å². The van der Waals surface area contributed by atoms with E-state index in [-0.39, 0.29) is 0 Å². The monoisotopic (exact) mass is 315 g/mol. The second-order valence-electron chi connectivity index (χ2n) is 5.64. The molecule has 0 heterocycles. The van der Waals surface area contributed by atoms with Gasteiger partial charge in [0.25, 0.3) is 0 Å². The number of benzene rings is 3. The van der Waals surface area contributed by atoms with Crippen LogP contribution in [0.25, 0.3) is 0 Å². The topological polar surface area (TPSA) is 42.2 Å². The van der Waals surface area contributed by atoms with Gasteiger partial charge in [0.1, 0.15) is 23.0 Å². The van der Waals surface area contributed by atoms with Gasteiger partial charge in [0.15, 0.2) is 0 Å². The van der Waals surface area contributed by atoms with Gasteiger partial charge in [-0.2, -0.15) is 5.26 Å². The molecule has 0 saturated heterocycles. The molecule has 0 fully saturated rings. The molecule has 3 nitrogen and oxygen atoms in total. The van der Waals surface area contributed by atoms with Crippen molar-refractivity contribution < 1.29 is 9.47 Å². The molecular weight excluding hydrogens is 298 g/mol. The normalized spacial score (nSPS) is 10.0. The average Bonchev–Trinajstić information content (AvgIpc) is 2.54. The number of nitrogens with zero attached hydrogens (tertiary/aromatic N) is 1. The molecule has 0 N–H and O–H groups in total. The smallest absolute Gasteiger partial charge is 0.132 e. The molecule has 3 aromatic carbocycles. The van der Waals surface area contributed by atoms with Crippen LogP contribution in [0.4, 0.5) is 0 Å². The molecule has 0 saturated carbocycles. The van der Waals surface area contributed by atoms with Crippen LogP contribution in [0.5, 0.6) is 23.0 Å². The third kappa shape index (κ3) is 3.93. The number of nitriles is 1. The third-order valence-corrected chi connectivity index (χ3v) is 3.46. The highest BCUT2D eigenvalue weighted by Gasteiger charge is 2.06. The summed E-state index contributed by atoms with van der Waals surface area (Å²) < 4.78 is 11.7. The molecule has 0 amide bonds. The van der Waals surface area contributed by atoms with E-state index in [1.165, 1.54) is 0 Å². The van der Waals surface area contributed by atoms with Crippen LogP contribution < -0.4 is 9.47 Å². The van der Waals surface area contributed by atoms with Crippen molar-refractivity contribution in [2.24, 2.45) is 0 Å². The van der Waals surface area contributed by atoms with Gasteiger partial charge in [-0.25, -0.2) is 0 Å². The maximum absolute atomic E-state index is 9.25. The SMILES string of the molecule is Cc1cccc(Oc2cc(C#N)cc(Oc3cccc(C)c3)c2)c1. The number of hydrogen-bond acceptors (Lipinski definition) is 3. The van der Waals surface area contributed by atoms with Crippen LogP contribution in [0.2, 0.25) is 0 Å². The summed E-state index contributed by atoms with van der Waals surface area (Å²) in [7, 11) is 0. The summed E-state index contributed by atoms with van der Waals surface area (Å²) in [5.74, 6) is 2.60. The maximum atomic E-state index is 9.25. The highest BCUT2D eigenvalue weighted by atomic mass is 16.5. The largest absolute Gasteiger partial charge is 0.457 e. The first-order valence-electron chi connectivity index (χ1n) is 7.66. The van der Waals surface area contributed by atoms with E-state index in [0.29, 0.717) is 17.1 Å². The molecule has 118 valence electrons. The fourth-order valence-electron chi connectivity index (χ4n) is 2.38. The second-order valence-corrected chi connectivity index (χ2v) is 5.64. The Morgan fingerprint density at radius 2 is 1.17 bits per heavy atom. The van der Waals surface area contributed by atoms with Gasteiger partial charge in [-0.1, -0.05) is 24.3 Å². The molecule has 0 bridgehead atoms. The van der Waals surface area contributed by atoms with Crippen molar-refractivity contribution >= 4 is 0 Å². The van der Waals surface area contributed by atoms with Gasteiger partial charge in [-0.15, -0.1) is 0 Å². The average molecular weight is 315 g/mol. The van der Waals surface area contributed by atoms with Gasteiger partial charge in [-0.05, 0) is 61.4 Å². The zero-order chi connectivity index (χ0) is 16.9. The molecule has 3 rings (SSSR count). The Balaban J connectivity index is 1.89. The Hall–Kier alpha value is -3.25. The fourth-order valence-corrected chi connectivity index (χ4v) is 2.38. The molecule has 0 atom stereocenters. The van der Waals surface area contributed by atoms with Crippen molar-refractivity contribution in [1.29, 1.82) is 5.26 Å². The molecular formula is C21H17NO2. The lowest BCUT2D eigenvalue weighted by Gasteiger charge is -2.11. The highest BCUT2D eigenvalue weighted by molar-refractivity contribution is 5.47. The van der Waals surface area contributed by atoms with Crippen molar-refractivity contribution in [2.75, 3.05) is 0 Å². The summed E-state index contributed by atoms with van der Waals surface area (Å²) in [5.41, 5.74) is 2.71. The zero-order valence-corrected chi connectivity index (χ0v) is 13.6. The first-order valence-corrected chi connectivity index (χ1v) is 7.66. The zero-order valence-electron chi connectivity index (χ0n) is 13.6. The molecule has 0 radical (unpaired) electrons. The number of ether oxygens (including phenoxy) is 2. The molecule has 0 aliphatic heterocycles. The summed E-state index contributed by atoms with van der Waals surface area (Å²) >= 11 is 0. The van der Waals surface area contributed by atoms with Crippen LogP contribution in [0, 0.1) is 25.2 Å². The lowest BCUT2D eigenvalue weighted by Crippen LogP contribution is -1.90. The van der Waals surface area contributed by atoms with Crippen LogP contribution in [0.3, 0.4) is 0 Å². The minimum Gasteiger partial charge on any atom is -0.457 e. The third-order valence-electron chi connectivity index (χ3n) is 3.46. The molecule has 0 aliphatic carbocycles. The standard InChI is InChI=1S/C21H17NO2/c1-15-5-3-7-18(9-15)23-20-11-17(14-22)12-21(13-20)24-19-8-4-6-16(2)10-19/h3-13H,1-2H3. The van der Waals surface area contributed by atoms with E-state index in [1.807, 2.05) is 62.4 Å². The first-order chi connectivity index (χ1) is 11.6. The molecule has 0 spiro atoms. The predicted octanol–water partition coefficient (Wildman–Crippen LogP) is 5.76. The summed E-state index contributed by atoms with van der Waals surface area (Å²) in [5, 5.41) is 9.25. The minimum atomic E-state index is 0.489. The maximum Gasteiger partial charge on any atom is 0.132 e. The van der Waals surface area contributed by atoms with Gasteiger partial charge in [0, 0.05) is 6.07 Å². The van der Waals surface area contributed by atoms with Gasteiger partial charge in [0.2, 0.25) is 0 Å². The Kier molecular flexibility index (Phi) is 4.49. The summed E-state index contributed by atoms with van der Waals surface area (Å²) in [6, 6.07) is 22.9. The Morgan fingerprint density at radius 1 is 0.667 bits per heavy atom. The van der Waals surface area contributed by atoms with Gasteiger partial charge in [-0.3, -0.25) is 0 Å². The summed E-state index contributed by atoms with van der Waals surface area (Å²) in [6.45, 7) is 4.01. The van der Waals surface area contributed by atoms with E-state index in [4.69, 9.17) is 9.47 Å². The molecule has 3 heteroatoms. The number of aryl methyl sites for hydroxylation is 2. The highest BCUT2D eigenvalue weighted by Crippen LogP contribution is 2.30. The van der Waals surface area contributed by atoms with Gasteiger partial charge in [0.05, 0.1) is 11.6 Å². The van der Waals surface area contributed by atoms with E-state index in [1.54, 1.807) is 18.2 Å². The molecule has 0 unspecified atom stereocenters. The van der Waals surface area contributed by atoms with Crippen molar-refractivity contribution in [3.8, 4) is 29.1 Å². The minimum absolute atomic E-state index is 0.489.